The largest absolute Gasteiger partial charge is 0.409 e. The third-order valence-electron chi connectivity index (χ3n) is 5.01. The van der Waals surface area contributed by atoms with Crippen molar-refractivity contribution >= 4 is 11.7 Å². The van der Waals surface area contributed by atoms with Crippen LogP contribution in [-0.2, 0) is 4.79 Å². The Bertz CT molecular complexity index is 369. The standard InChI is InChI=1S/C15H29N3O2/c1-11(2)14(3,4)10-17-13(19)15(12(16)18-20)8-6-5-7-9-15/h11,20H,5-10H2,1-4H3,(H2,16,18)(H,17,19). The molecule has 0 heterocycles. The highest BCUT2D eigenvalue weighted by Gasteiger charge is 2.44. The van der Waals surface area contributed by atoms with E-state index in [1.807, 2.05) is 0 Å². The van der Waals surface area contributed by atoms with Crippen LogP contribution in [0.4, 0.5) is 0 Å². The summed E-state index contributed by atoms with van der Waals surface area (Å²) in [7, 11) is 0. The quantitative estimate of drug-likeness (QED) is 0.313. The third kappa shape index (κ3) is 3.44. The number of hydrogen-bond donors (Lipinski definition) is 3. The molecule has 0 radical (unpaired) electrons. The summed E-state index contributed by atoms with van der Waals surface area (Å²) in [6, 6.07) is 0. The van der Waals surface area contributed by atoms with Crippen molar-refractivity contribution in [1.29, 1.82) is 0 Å². The van der Waals surface area contributed by atoms with Gasteiger partial charge in [-0.05, 0) is 24.2 Å². The third-order valence-corrected chi connectivity index (χ3v) is 5.01. The predicted molar refractivity (Wildman–Crippen MR) is 80.6 cm³/mol. The van der Waals surface area contributed by atoms with Gasteiger partial charge in [0.2, 0.25) is 5.91 Å². The monoisotopic (exact) mass is 283 g/mol. The Morgan fingerprint density at radius 2 is 1.90 bits per heavy atom. The second kappa shape index (κ2) is 6.46. The van der Waals surface area contributed by atoms with Gasteiger partial charge < -0.3 is 16.3 Å². The van der Waals surface area contributed by atoms with E-state index >= 15 is 0 Å². The fourth-order valence-corrected chi connectivity index (χ4v) is 2.53. The van der Waals surface area contributed by atoms with E-state index in [1.54, 1.807) is 0 Å². The molecule has 0 atom stereocenters. The fraction of sp³-hybridized carbons (Fsp3) is 0.867. The molecular weight excluding hydrogens is 254 g/mol. The van der Waals surface area contributed by atoms with Gasteiger partial charge in [0.25, 0.3) is 0 Å². The van der Waals surface area contributed by atoms with Gasteiger partial charge in [-0.25, -0.2) is 0 Å². The molecule has 0 aromatic carbocycles. The van der Waals surface area contributed by atoms with Gasteiger partial charge in [0.1, 0.15) is 5.41 Å². The highest BCUT2D eigenvalue weighted by molar-refractivity contribution is 6.06. The molecule has 0 saturated heterocycles. The van der Waals surface area contributed by atoms with E-state index in [4.69, 9.17) is 10.9 Å². The molecule has 0 aromatic heterocycles. The Labute approximate surface area is 122 Å². The van der Waals surface area contributed by atoms with Crippen molar-refractivity contribution in [2.45, 2.75) is 59.8 Å². The van der Waals surface area contributed by atoms with Crippen molar-refractivity contribution in [1.82, 2.24) is 5.32 Å². The van der Waals surface area contributed by atoms with Gasteiger partial charge in [-0.1, -0.05) is 52.1 Å². The molecule has 0 bridgehead atoms. The number of carbonyl (C=O) groups is 1. The molecule has 0 aliphatic heterocycles. The first-order chi connectivity index (χ1) is 9.26. The van der Waals surface area contributed by atoms with Crippen LogP contribution in [-0.4, -0.2) is 23.5 Å². The molecule has 0 unspecified atom stereocenters. The zero-order valence-electron chi connectivity index (χ0n) is 13.2. The molecule has 5 heteroatoms. The SMILES string of the molecule is CC(C)C(C)(C)CNC(=O)C1(C(N)=NO)CCCCC1. The zero-order chi connectivity index (χ0) is 15.4. The average Bonchev–Trinajstić information content (AvgIpc) is 2.44. The van der Waals surface area contributed by atoms with Crippen molar-refractivity contribution in [3.63, 3.8) is 0 Å². The van der Waals surface area contributed by atoms with E-state index in [1.165, 1.54) is 0 Å². The van der Waals surface area contributed by atoms with Crippen molar-refractivity contribution in [2.75, 3.05) is 6.54 Å². The van der Waals surface area contributed by atoms with E-state index in [0.717, 1.165) is 19.3 Å². The van der Waals surface area contributed by atoms with Crippen LogP contribution < -0.4 is 11.1 Å². The summed E-state index contributed by atoms with van der Waals surface area (Å²) < 4.78 is 0. The summed E-state index contributed by atoms with van der Waals surface area (Å²) in [6.07, 6.45) is 4.31. The second-order valence-corrected chi connectivity index (χ2v) is 6.95. The molecule has 20 heavy (non-hydrogen) atoms. The number of carbonyl (C=O) groups excluding carboxylic acids is 1. The second-order valence-electron chi connectivity index (χ2n) is 6.95. The average molecular weight is 283 g/mol. The molecule has 1 fully saturated rings. The Balaban J connectivity index is 2.80. The summed E-state index contributed by atoms with van der Waals surface area (Å²) >= 11 is 0. The highest BCUT2D eigenvalue weighted by Crippen LogP contribution is 2.37. The van der Waals surface area contributed by atoms with Crippen molar-refractivity contribution < 1.29 is 10.0 Å². The first kappa shape index (κ1) is 16.8. The molecule has 0 spiro atoms. The van der Waals surface area contributed by atoms with Crippen LogP contribution in [0.5, 0.6) is 0 Å². The van der Waals surface area contributed by atoms with Crippen molar-refractivity contribution in [2.24, 2.45) is 27.6 Å². The van der Waals surface area contributed by atoms with Crippen LogP contribution in [0.15, 0.2) is 5.16 Å². The molecule has 1 saturated carbocycles. The minimum atomic E-state index is -0.819. The summed E-state index contributed by atoms with van der Waals surface area (Å²) in [5.41, 5.74) is 5.03. The number of hydrogen-bond acceptors (Lipinski definition) is 3. The Kier molecular flexibility index (Phi) is 5.42. The fourth-order valence-electron chi connectivity index (χ4n) is 2.53. The lowest BCUT2D eigenvalue weighted by atomic mass is 9.72. The van der Waals surface area contributed by atoms with E-state index in [-0.39, 0.29) is 17.2 Å². The molecule has 1 aliphatic rings. The molecule has 4 N–H and O–H groups in total. The van der Waals surface area contributed by atoms with Crippen molar-refractivity contribution in [3.05, 3.63) is 0 Å². The van der Waals surface area contributed by atoms with Crippen LogP contribution in [0.1, 0.15) is 59.8 Å². The molecule has 1 aliphatic carbocycles. The van der Waals surface area contributed by atoms with E-state index in [0.29, 0.717) is 25.3 Å². The van der Waals surface area contributed by atoms with Gasteiger partial charge in [-0.15, -0.1) is 0 Å². The van der Waals surface area contributed by atoms with Crippen LogP contribution in [0.25, 0.3) is 0 Å². The topological polar surface area (TPSA) is 87.7 Å². The smallest absolute Gasteiger partial charge is 0.233 e. The van der Waals surface area contributed by atoms with Gasteiger partial charge in [0.15, 0.2) is 5.84 Å². The number of nitrogens with one attached hydrogen (secondary N) is 1. The van der Waals surface area contributed by atoms with Crippen LogP contribution in [0.2, 0.25) is 0 Å². The van der Waals surface area contributed by atoms with E-state index in [9.17, 15) is 4.79 Å². The van der Waals surface area contributed by atoms with Crippen LogP contribution >= 0.6 is 0 Å². The maximum atomic E-state index is 12.6. The highest BCUT2D eigenvalue weighted by atomic mass is 16.4. The van der Waals surface area contributed by atoms with E-state index < -0.39 is 5.41 Å². The summed E-state index contributed by atoms with van der Waals surface area (Å²) in [4.78, 5) is 12.6. The van der Waals surface area contributed by atoms with Gasteiger partial charge >= 0.3 is 0 Å². The van der Waals surface area contributed by atoms with E-state index in [2.05, 4.69) is 38.2 Å². The van der Waals surface area contributed by atoms with Gasteiger partial charge in [0.05, 0.1) is 0 Å². The van der Waals surface area contributed by atoms with Gasteiger partial charge in [0, 0.05) is 6.54 Å². The predicted octanol–water partition coefficient (Wildman–Crippen LogP) is 2.48. The molecule has 116 valence electrons. The number of amides is 1. The molecule has 1 amide bonds. The lowest BCUT2D eigenvalue weighted by molar-refractivity contribution is -0.129. The van der Waals surface area contributed by atoms with Crippen LogP contribution in [0.3, 0.4) is 0 Å². The first-order valence-corrected chi connectivity index (χ1v) is 7.52. The summed E-state index contributed by atoms with van der Waals surface area (Å²) in [5, 5.41) is 15.1. The first-order valence-electron chi connectivity index (χ1n) is 7.52. The Morgan fingerprint density at radius 1 is 1.35 bits per heavy atom. The van der Waals surface area contributed by atoms with Gasteiger partial charge in [-0.3, -0.25) is 4.79 Å². The van der Waals surface area contributed by atoms with Gasteiger partial charge in [-0.2, -0.15) is 0 Å². The minimum absolute atomic E-state index is 0.0244. The summed E-state index contributed by atoms with van der Waals surface area (Å²) in [5.74, 6) is 0.423. The molecule has 0 aromatic rings. The Hall–Kier alpha value is -1.26. The zero-order valence-corrected chi connectivity index (χ0v) is 13.2. The lowest BCUT2D eigenvalue weighted by Crippen LogP contribution is -2.52. The number of amidine groups is 1. The summed E-state index contributed by atoms with van der Waals surface area (Å²) in [6.45, 7) is 9.16. The maximum absolute atomic E-state index is 12.6. The molecule has 5 nitrogen and oxygen atoms in total. The number of oxime groups is 1. The molecule has 1 rings (SSSR count). The lowest BCUT2D eigenvalue weighted by Gasteiger charge is -2.36. The molecular formula is C15H29N3O2. The normalized spacial score (nSPS) is 19.9. The maximum Gasteiger partial charge on any atom is 0.233 e. The Morgan fingerprint density at radius 3 is 2.35 bits per heavy atom. The number of nitrogens with zero attached hydrogens (tertiary/aromatic N) is 1. The minimum Gasteiger partial charge on any atom is -0.409 e. The number of rotatable bonds is 5. The van der Waals surface area contributed by atoms with Crippen LogP contribution in [0, 0.1) is 16.7 Å². The number of nitrogens with two attached hydrogens (primary N) is 1. The van der Waals surface area contributed by atoms with Crippen molar-refractivity contribution in [3.8, 4) is 0 Å².